The first-order chi connectivity index (χ1) is 12.5. The molecular formula is C21H28N4O. The SMILES string of the molecule is CN=C(NCCc1cccc(C(=O)N(C)C)c1)NCc1cccc(C)c1. The Labute approximate surface area is 156 Å². The third kappa shape index (κ3) is 5.92. The van der Waals surface area contributed by atoms with Crippen LogP contribution in [0.1, 0.15) is 27.0 Å². The van der Waals surface area contributed by atoms with Crippen molar-refractivity contribution in [2.45, 2.75) is 19.9 Å². The van der Waals surface area contributed by atoms with Crippen LogP contribution in [-0.2, 0) is 13.0 Å². The first-order valence-corrected chi connectivity index (χ1v) is 8.80. The Kier molecular flexibility index (Phi) is 7.21. The summed E-state index contributed by atoms with van der Waals surface area (Å²) in [6.07, 6.45) is 0.819. The Balaban J connectivity index is 1.84. The summed E-state index contributed by atoms with van der Waals surface area (Å²) in [6, 6.07) is 16.2. The standard InChI is InChI=1S/C21H28N4O/c1-16-7-5-9-18(13-16)15-24-21(22-2)23-12-11-17-8-6-10-19(14-17)20(26)25(3)4/h5-10,13-14H,11-12,15H2,1-4H3,(H2,22,23,24). The smallest absolute Gasteiger partial charge is 0.253 e. The number of hydrogen-bond donors (Lipinski definition) is 2. The first-order valence-electron chi connectivity index (χ1n) is 8.80. The lowest BCUT2D eigenvalue weighted by Gasteiger charge is -2.13. The van der Waals surface area contributed by atoms with Gasteiger partial charge in [-0.2, -0.15) is 0 Å². The van der Waals surface area contributed by atoms with Crippen LogP contribution in [0.3, 0.4) is 0 Å². The van der Waals surface area contributed by atoms with Gasteiger partial charge in [-0.25, -0.2) is 0 Å². The molecule has 0 heterocycles. The predicted molar refractivity (Wildman–Crippen MR) is 108 cm³/mol. The van der Waals surface area contributed by atoms with Crippen LogP contribution in [-0.4, -0.2) is 44.5 Å². The normalized spacial score (nSPS) is 11.2. The summed E-state index contributed by atoms with van der Waals surface area (Å²) in [7, 11) is 5.29. The van der Waals surface area contributed by atoms with Gasteiger partial charge in [0.25, 0.3) is 5.91 Å². The molecule has 1 amide bonds. The highest BCUT2D eigenvalue weighted by Gasteiger charge is 2.08. The molecule has 0 saturated heterocycles. The molecule has 0 radical (unpaired) electrons. The van der Waals surface area contributed by atoms with Gasteiger partial charge in [-0.05, 0) is 36.6 Å². The maximum atomic E-state index is 12.1. The van der Waals surface area contributed by atoms with Crippen molar-refractivity contribution in [1.29, 1.82) is 0 Å². The van der Waals surface area contributed by atoms with Gasteiger partial charge in [-0.1, -0.05) is 42.0 Å². The predicted octanol–water partition coefficient (Wildman–Crippen LogP) is 2.60. The van der Waals surface area contributed by atoms with Crippen LogP contribution in [0.15, 0.2) is 53.5 Å². The van der Waals surface area contributed by atoms with E-state index in [9.17, 15) is 4.79 Å². The quantitative estimate of drug-likeness (QED) is 0.621. The van der Waals surface area contributed by atoms with Crippen LogP contribution in [0.4, 0.5) is 0 Å². The molecule has 0 aromatic heterocycles. The number of nitrogens with zero attached hydrogens (tertiary/aromatic N) is 2. The van der Waals surface area contributed by atoms with E-state index in [2.05, 4.69) is 46.8 Å². The zero-order valence-electron chi connectivity index (χ0n) is 16.0. The second kappa shape index (κ2) is 9.61. The minimum absolute atomic E-state index is 0.0236. The summed E-state index contributed by atoms with van der Waals surface area (Å²) in [4.78, 5) is 17.9. The monoisotopic (exact) mass is 352 g/mol. The van der Waals surface area contributed by atoms with Gasteiger partial charge in [0.15, 0.2) is 5.96 Å². The van der Waals surface area contributed by atoms with Crippen LogP contribution < -0.4 is 10.6 Å². The van der Waals surface area contributed by atoms with E-state index in [4.69, 9.17) is 0 Å². The minimum atomic E-state index is 0.0236. The number of nitrogens with one attached hydrogen (secondary N) is 2. The van der Waals surface area contributed by atoms with Gasteiger partial charge in [0.2, 0.25) is 0 Å². The number of carbonyl (C=O) groups excluding carboxylic acids is 1. The topological polar surface area (TPSA) is 56.7 Å². The van der Waals surface area contributed by atoms with Gasteiger partial charge in [-0.3, -0.25) is 9.79 Å². The highest BCUT2D eigenvalue weighted by Crippen LogP contribution is 2.08. The Hall–Kier alpha value is -2.82. The number of carbonyl (C=O) groups is 1. The second-order valence-corrected chi connectivity index (χ2v) is 6.49. The van der Waals surface area contributed by atoms with E-state index in [0.717, 1.165) is 36.6 Å². The molecule has 0 fully saturated rings. The van der Waals surface area contributed by atoms with Gasteiger partial charge in [-0.15, -0.1) is 0 Å². The van der Waals surface area contributed by atoms with Crippen LogP contribution in [0, 0.1) is 6.92 Å². The fourth-order valence-corrected chi connectivity index (χ4v) is 2.67. The van der Waals surface area contributed by atoms with E-state index in [1.54, 1.807) is 26.0 Å². The van der Waals surface area contributed by atoms with Crippen molar-refractivity contribution < 1.29 is 4.79 Å². The molecular weight excluding hydrogens is 324 g/mol. The molecule has 0 saturated carbocycles. The third-order valence-corrected chi connectivity index (χ3v) is 4.05. The van der Waals surface area contributed by atoms with Crippen LogP contribution in [0.5, 0.6) is 0 Å². The maximum Gasteiger partial charge on any atom is 0.253 e. The third-order valence-electron chi connectivity index (χ3n) is 4.05. The molecule has 2 N–H and O–H groups in total. The molecule has 26 heavy (non-hydrogen) atoms. The van der Waals surface area contributed by atoms with E-state index in [-0.39, 0.29) is 5.91 Å². The van der Waals surface area contributed by atoms with E-state index >= 15 is 0 Å². The molecule has 0 spiro atoms. The molecule has 0 atom stereocenters. The molecule has 0 bridgehead atoms. The number of benzene rings is 2. The number of rotatable bonds is 6. The molecule has 138 valence electrons. The van der Waals surface area contributed by atoms with Gasteiger partial charge in [0.1, 0.15) is 0 Å². The van der Waals surface area contributed by atoms with Crippen molar-refractivity contribution in [2.24, 2.45) is 4.99 Å². The number of hydrogen-bond acceptors (Lipinski definition) is 2. The van der Waals surface area contributed by atoms with E-state index < -0.39 is 0 Å². The maximum absolute atomic E-state index is 12.1. The highest BCUT2D eigenvalue weighted by atomic mass is 16.2. The van der Waals surface area contributed by atoms with Crippen LogP contribution >= 0.6 is 0 Å². The van der Waals surface area contributed by atoms with E-state index in [0.29, 0.717) is 0 Å². The summed E-state index contributed by atoms with van der Waals surface area (Å²) >= 11 is 0. The number of aryl methyl sites for hydroxylation is 1. The molecule has 5 heteroatoms. The molecule has 2 aromatic carbocycles. The van der Waals surface area contributed by atoms with Crippen molar-refractivity contribution in [1.82, 2.24) is 15.5 Å². The molecule has 0 unspecified atom stereocenters. The summed E-state index contributed by atoms with van der Waals surface area (Å²) < 4.78 is 0. The molecule has 5 nitrogen and oxygen atoms in total. The first kappa shape index (κ1) is 19.5. The lowest BCUT2D eigenvalue weighted by atomic mass is 10.1. The van der Waals surface area contributed by atoms with Crippen molar-refractivity contribution in [3.63, 3.8) is 0 Å². The molecule has 0 aliphatic carbocycles. The minimum Gasteiger partial charge on any atom is -0.356 e. The van der Waals surface area contributed by atoms with E-state index in [1.807, 2.05) is 24.3 Å². The number of amides is 1. The summed E-state index contributed by atoms with van der Waals surface area (Å²) in [5.41, 5.74) is 4.32. The van der Waals surface area contributed by atoms with Crippen molar-refractivity contribution in [3.05, 3.63) is 70.8 Å². The van der Waals surface area contributed by atoms with Crippen LogP contribution in [0.2, 0.25) is 0 Å². The largest absolute Gasteiger partial charge is 0.356 e. The Morgan fingerprint density at radius 2 is 1.77 bits per heavy atom. The molecule has 2 rings (SSSR count). The zero-order chi connectivity index (χ0) is 18.9. The fraction of sp³-hybridized carbons (Fsp3) is 0.333. The van der Waals surface area contributed by atoms with Crippen molar-refractivity contribution in [2.75, 3.05) is 27.7 Å². The Morgan fingerprint density at radius 1 is 1.04 bits per heavy atom. The van der Waals surface area contributed by atoms with Gasteiger partial charge in [0.05, 0.1) is 0 Å². The Morgan fingerprint density at radius 3 is 2.46 bits per heavy atom. The molecule has 0 aliphatic rings. The zero-order valence-corrected chi connectivity index (χ0v) is 16.0. The average molecular weight is 352 g/mol. The average Bonchev–Trinajstić information content (AvgIpc) is 2.64. The lowest BCUT2D eigenvalue weighted by molar-refractivity contribution is 0.0827. The van der Waals surface area contributed by atoms with Crippen LogP contribution in [0.25, 0.3) is 0 Å². The fourth-order valence-electron chi connectivity index (χ4n) is 2.67. The molecule has 2 aromatic rings. The Bertz CT molecular complexity index is 768. The molecule has 0 aliphatic heterocycles. The highest BCUT2D eigenvalue weighted by molar-refractivity contribution is 5.94. The summed E-state index contributed by atoms with van der Waals surface area (Å²) in [5.74, 6) is 0.794. The number of aliphatic imine (C=N–C) groups is 1. The lowest BCUT2D eigenvalue weighted by Crippen LogP contribution is -2.37. The second-order valence-electron chi connectivity index (χ2n) is 6.49. The van der Waals surface area contributed by atoms with Crippen molar-refractivity contribution in [3.8, 4) is 0 Å². The number of guanidine groups is 1. The van der Waals surface area contributed by atoms with Crippen molar-refractivity contribution >= 4 is 11.9 Å². The summed E-state index contributed by atoms with van der Waals surface area (Å²) in [5, 5.41) is 6.64. The van der Waals surface area contributed by atoms with Gasteiger partial charge in [0, 0.05) is 39.8 Å². The van der Waals surface area contributed by atoms with Gasteiger partial charge >= 0.3 is 0 Å². The van der Waals surface area contributed by atoms with Gasteiger partial charge < -0.3 is 15.5 Å². The summed E-state index contributed by atoms with van der Waals surface area (Å²) in [6.45, 7) is 3.56. The van der Waals surface area contributed by atoms with E-state index in [1.165, 1.54) is 11.1 Å².